The van der Waals surface area contributed by atoms with E-state index in [0.29, 0.717) is 17.9 Å². The van der Waals surface area contributed by atoms with Crippen molar-refractivity contribution in [2.24, 2.45) is 23.7 Å². The molecule has 0 aromatic rings. The molecule has 0 radical (unpaired) electrons. The molecule has 3 aliphatic carbocycles. The highest BCUT2D eigenvalue weighted by Crippen LogP contribution is 2.41. The van der Waals surface area contributed by atoms with Crippen LogP contribution in [0.1, 0.15) is 143 Å². The van der Waals surface area contributed by atoms with Crippen LogP contribution in [0, 0.1) is 23.7 Å². The lowest BCUT2D eigenvalue weighted by Gasteiger charge is -2.37. The first-order valence-electron chi connectivity index (χ1n) is 19.5. The fourth-order valence-corrected chi connectivity index (χ4v) is 16.7. The molecular weight excluding hydrogens is 609 g/mol. The third-order valence-electron chi connectivity index (χ3n) is 10.9. The zero-order valence-corrected chi connectivity index (χ0v) is 33.2. The molecule has 0 bridgehead atoms. The molecule has 0 aliphatic heterocycles. The molecule has 0 N–H and O–H groups in total. The maximum atomic E-state index is 13.2. The molecule has 6 nitrogen and oxygen atoms in total. The lowest BCUT2D eigenvalue weighted by atomic mass is 9.70. The SMILES string of the molecule is CCCCC(CCC[Si](C)(C)O[Si](C)(C)C)OC1CCC(C(=O)OC2CCC(C3CCC(C(=O)O[C@@H](C)CCC)CC3)CC2)CC1. The lowest BCUT2D eigenvalue weighted by molar-refractivity contribution is -0.158. The molecule has 8 heteroatoms. The Bertz CT molecular complexity index is 880. The molecular formula is C38H72O6Si2. The van der Waals surface area contributed by atoms with E-state index in [1.807, 2.05) is 6.92 Å². The number of rotatable bonds is 18. The third-order valence-corrected chi connectivity index (χ3v) is 17.2. The van der Waals surface area contributed by atoms with Gasteiger partial charge in [-0.15, -0.1) is 0 Å². The number of unbranched alkanes of at least 4 members (excludes halogenated alkanes) is 1. The molecule has 0 amide bonds. The van der Waals surface area contributed by atoms with Gasteiger partial charge in [0.15, 0.2) is 16.6 Å². The number of esters is 2. The summed E-state index contributed by atoms with van der Waals surface area (Å²) < 4.78 is 25.1. The number of hydrogen-bond donors (Lipinski definition) is 0. The molecule has 3 fully saturated rings. The van der Waals surface area contributed by atoms with Gasteiger partial charge in [-0.2, -0.15) is 0 Å². The highest BCUT2D eigenvalue weighted by Gasteiger charge is 2.36. The molecule has 0 spiro atoms. The fraction of sp³-hybridized carbons (Fsp3) is 0.947. The predicted octanol–water partition coefficient (Wildman–Crippen LogP) is 10.6. The Balaban J connectivity index is 1.33. The van der Waals surface area contributed by atoms with Crippen LogP contribution in [-0.2, 0) is 27.9 Å². The largest absolute Gasteiger partial charge is 0.462 e. The second-order valence-corrected chi connectivity index (χ2v) is 25.9. The molecule has 0 saturated heterocycles. The molecule has 2 atom stereocenters. The van der Waals surface area contributed by atoms with E-state index in [1.165, 1.54) is 25.3 Å². The Kier molecular flexibility index (Phi) is 16.8. The number of ether oxygens (including phenoxy) is 3. The minimum atomic E-state index is -1.62. The van der Waals surface area contributed by atoms with Crippen molar-refractivity contribution in [3.63, 3.8) is 0 Å². The zero-order valence-electron chi connectivity index (χ0n) is 31.2. The molecule has 0 aromatic carbocycles. The van der Waals surface area contributed by atoms with E-state index < -0.39 is 16.6 Å². The van der Waals surface area contributed by atoms with Gasteiger partial charge < -0.3 is 18.3 Å². The molecule has 268 valence electrons. The summed E-state index contributed by atoms with van der Waals surface area (Å²) in [5.41, 5.74) is 0. The smallest absolute Gasteiger partial charge is 0.309 e. The summed E-state index contributed by atoms with van der Waals surface area (Å²) in [6.07, 6.45) is 20.8. The summed E-state index contributed by atoms with van der Waals surface area (Å²) in [4.78, 5) is 25.7. The molecule has 3 aliphatic rings. The van der Waals surface area contributed by atoms with Crippen LogP contribution in [0.4, 0.5) is 0 Å². The monoisotopic (exact) mass is 680 g/mol. The zero-order chi connectivity index (χ0) is 33.7. The first-order chi connectivity index (χ1) is 21.8. The number of carbonyl (C=O) groups excluding carboxylic acids is 2. The average molecular weight is 681 g/mol. The van der Waals surface area contributed by atoms with Crippen LogP contribution in [0.15, 0.2) is 0 Å². The van der Waals surface area contributed by atoms with Gasteiger partial charge in [-0.25, -0.2) is 0 Å². The van der Waals surface area contributed by atoms with Gasteiger partial charge in [0.05, 0.1) is 30.1 Å². The van der Waals surface area contributed by atoms with Crippen LogP contribution in [0.3, 0.4) is 0 Å². The maximum absolute atomic E-state index is 13.2. The summed E-state index contributed by atoms with van der Waals surface area (Å²) in [7, 11) is -3.12. The van der Waals surface area contributed by atoms with Crippen molar-refractivity contribution in [3.05, 3.63) is 0 Å². The van der Waals surface area contributed by atoms with E-state index in [9.17, 15) is 9.59 Å². The molecule has 0 heterocycles. The highest BCUT2D eigenvalue weighted by atomic mass is 28.4. The topological polar surface area (TPSA) is 71.1 Å². The first-order valence-corrected chi connectivity index (χ1v) is 26.1. The van der Waals surface area contributed by atoms with Gasteiger partial charge in [-0.1, -0.05) is 39.5 Å². The van der Waals surface area contributed by atoms with E-state index in [2.05, 4.69) is 46.6 Å². The predicted molar refractivity (Wildman–Crippen MR) is 194 cm³/mol. The van der Waals surface area contributed by atoms with Crippen molar-refractivity contribution in [1.82, 2.24) is 0 Å². The van der Waals surface area contributed by atoms with Crippen molar-refractivity contribution in [1.29, 1.82) is 0 Å². The Labute approximate surface area is 285 Å². The van der Waals surface area contributed by atoms with Gasteiger partial charge in [0.25, 0.3) is 0 Å². The second kappa shape index (κ2) is 19.5. The first kappa shape index (κ1) is 39.7. The Morgan fingerprint density at radius 1 is 0.652 bits per heavy atom. The van der Waals surface area contributed by atoms with Crippen LogP contribution in [0.2, 0.25) is 38.8 Å². The Hall–Kier alpha value is -0.706. The van der Waals surface area contributed by atoms with Crippen molar-refractivity contribution >= 4 is 28.6 Å². The van der Waals surface area contributed by atoms with Crippen LogP contribution < -0.4 is 0 Å². The Morgan fingerprint density at radius 3 is 1.74 bits per heavy atom. The van der Waals surface area contributed by atoms with Gasteiger partial charge in [0, 0.05) is 0 Å². The van der Waals surface area contributed by atoms with Crippen molar-refractivity contribution < 1.29 is 27.9 Å². The van der Waals surface area contributed by atoms with Gasteiger partial charge in [0.2, 0.25) is 0 Å². The fourth-order valence-electron chi connectivity index (χ4n) is 8.58. The van der Waals surface area contributed by atoms with E-state index in [4.69, 9.17) is 18.3 Å². The van der Waals surface area contributed by atoms with Crippen LogP contribution >= 0.6 is 0 Å². The van der Waals surface area contributed by atoms with Gasteiger partial charge in [-0.05, 0) is 154 Å². The second-order valence-electron chi connectivity index (χ2n) is 16.9. The van der Waals surface area contributed by atoms with Gasteiger partial charge in [-0.3, -0.25) is 9.59 Å². The van der Waals surface area contributed by atoms with E-state index in [0.717, 1.165) is 103 Å². The standard InChI is InChI=1S/C38H72O6Si2/c1-9-11-14-34(15-12-28-46(7,8)44-45(4,5)6)42-35-26-22-33(23-27-35)38(40)43-36-24-20-31(21-25-36)30-16-18-32(19-17-30)37(39)41-29(3)13-10-2/h29-36H,9-28H2,1-8H3/t29-,30?,31?,32?,33?,34?,35?,36?/m0/s1. The maximum Gasteiger partial charge on any atom is 0.309 e. The number of hydrogen-bond acceptors (Lipinski definition) is 6. The van der Waals surface area contributed by atoms with Crippen molar-refractivity contribution in [2.75, 3.05) is 0 Å². The van der Waals surface area contributed by atoms with Crippen LogP contribution in [0.5, 0.6) is 0 Å². The summed E-state index contributed by atoms with van der Waals surface area (Å²) >= 11 is 0. The molecule has 0 aromatic heterocycles. The summed E-state index contributed by atoms with van der Waals surface area (Å²) in [5.74, 6) is 1.60. The molecule has 46 heavy (non-hydrogen) atoms. The van der Waals surface area contributed by atoms with Crippen molar-refractivity contribution in [2.45, 2.75) is 206 Å². The summed E-state index contributed by atoms with van der Waals surface area (Å²) in [6.45, 7) is 18.1. The molecule has 1 unspecified atom stereocenters. The lowest BCUT2D eigenvalue weighted by Crippen LogP contribution is -2.42. The molecule has 3 saturated carbocycles. The van der Waals surface area contributed by atoms with E-state index in [1.54, 1.807) is 0 Å². The van der Waals surface area contributed by atoms with E-state index in [-0.39, 0.29) is 42.1 Å². The minimum Gasteiger partial charge on any atom is -0.462 e. The minimum absolute atomic E-state index is 0.0242. The highest BCUT2D eigenvalue weighted by molar-refractivity contribution is 6.84. The average Bonchev–Trinajstić information content (AvgIpc) is 2.99. The Morgan fingerprint density at radius 2 is 1.17 bits per heavy atom. The van der Waals surface area contributed by atoms with Crippen LogP contribution in [-0.4, -0.2) is 53.0 Å². The summed E-state index contributed by atoms with van der Waals surface area (Å²) in [6, 6.07) is 1.21. The normalized spacial score (nSPS) is 29.1. The van der Waals surface area contributed by atoms with Gasteiger partial charge in [0.1, 0.15) is 6.10 Å². The van der Waals surface area contributed by atoms with Crippen LogP contribution in [0.25, 0.3) is 0 Å². The van der Waals surface area contributed by atoms with Crippen molar-refractivity contribution in [3.8, 4) is 0 Å². The molecule has 3 rings (SSSR count). The number of carbonyl (C=O) groups is 2. The summed E-state index contributed by atoms with van der Waals surface area (Å²) in [5, 5.41) is 0. The quantitative estimate of drug-likeness (QED) is 0.106. The third kappa shape index (κ3) is 14.4. The van der Waals surface area contributed by atoms with E-state index >= 15 is 0 Å². The van der Waals surface area contributed by atoms with Gasteiger partial charge >= 0.3 is 11.9 Å².